The third kappa shape index (κ3) is 1.99. The van der Waals surface area contributed by atoms with Crippen molar-refractivity contribution in [1.29, 1.82) is 0 Å². The zero-order chi connectivity index (χ0) is 12.5. The van der Waals surface area contributed by atoms with Crippen LogP contribution in [-0.4, -0.2) is 15.0 Å². The van der Waals surface area contributed by atoms with E-state index in [1.165, 1.54) is 5.56 Å². The van der Waals surface area contributed by atoms with Crippen LogP contribution >= 0.6 is 0 Å². The van der Waals surface area contributed by atoms with Crippen LogP contribution in [0.1, 0.15) is 36.1 Å². The molecule has 0 unspecified atom stereocenters. The summed E-state index contributed by atoms with van der Waals surface area (Å²) in [7, 11) is 0. The Kier molecular flexibility index (Phi) is 2.59. The van der Waals surface area contributed by atoms with Gasteiger partial charge in [0.05, 0.1) is 0 Å². The summed E-state index contributed by atoms with van der Waals surface area (Å²) >= 11 is 0. The van der Waals surface area contributed by atoms with Gasteiger partial charge < -0.3 is 11.5 Å². The fourth-order valence-electron chi connectivity index (χ4n) is 2.44. The summed E-state index contributed by atoms with van der Waals surface area (Å²) in [6.45, 7) is 0. The van der Waals surface area contributed by atoms with E-state index >= 15 is 0 Å². The Labute approximate surface area is 105 Å². The van der Waals surface area contributed by atoms with Crippen LogP contribution in [0.25, 0.3) is 0 Å². The first-order valence-electron chi connectivity index (χ1n) is 6.04. The lowest BCUT2D eigenvalue weighted by Gasteiger charge is -2.34. The summed E-state index contributed by atoms with van der Waals surface area (Å²) in [6.07, 6.45) is 2.10. The molecule has 1 aliphatic rings. The lowest BCUT2D eigenvalue weighted by Crippen LogP contribution is -2.23. The lowest BCUT2D eigenvalue weighted by atomic mass is 9.71. The number of benzene rings is 1. The number of anilines is 2. The van der Waals surface area contributed by atoms with E-state index < -0.39 is 0 Å². The Morgan fingerprint density at radius 2 is 1.44 bits per heavy atom. The quantitative estimate of drug-likeness (QED) is 0.835. The molecule has 1 aliphatic carbocycles. The second kappa shape index (κ2) is 4.25. The van der Waals surface area contributed by atoms with Gasteiger partial charge in [-0.15, -0.1) is 0 Å². The van der Waals surface area contributed by atoms with Crippen LogP contribution in [0.15, 0.2) is 30.3 Å². The molecule has 3 rings (SSSR count). The summed E-state index contributed by atoms with van der Waals surface area (Å²) in [5.74, 6) is 2.09. The molecule has 0 radical (unpaired) electrons. The SMILES string of the molecule is Nc1nc(N)nc(C2CC(c3ccccc3)C2)n1. The predicted octanol–water partition coefficient (Wildman–Crippen LogP) is 1.70. The van der Waals surface area contributed by atoms with Gasteiger partial charge in [-0.2, -0.15) is 15.0 Å². The van der Waals surface area contributed by atoms with Crippen molar-refractivity contribution in [1.82, 2.24) is 15.0 Å². The number of nitrogen functional groups attached to an aromatic ring is 2. The summed E-state index contributed by atoms with van der Waals surface area (Å²) in [6, 6.07) is 10.5. The molecule has 1 heterocycles. The Balaban J connectivity index is 1.72. The maximum atomic E-state index is 5.58. The Hall–Kier alpha value is -2.17. The molecule has 1 aromatic heterocycles. The van der Waals surface area contributed by atoms with Crippen LogP contribution in [0.3, 0.4) is 0 Å². The first-order valence-corrected chi connectivity index (χ1v) is 6.04. The van der Waals surface area contributed by atoms with E-state index in [0.29, 0.717) is 11.8 Å². The molecule has 0 aliphatic heterocycles. The van der Waals surface area contributed by atoms with Crippen molar-refractivity contribution in [2.75, 3.05) is 11.5 Å². The van der Waals surface area contributed by atoms with E-state index in [-0.39, 0.29) is 11.9 Å². The first-order chi connectivity index (χ1) is 8.72. The van der Waals surface area contributed by atoms with Gasteiger partial charge in [0.1, 0.15) is 5.82 Å². The van der Waals surface area contributed by atoms with Crippen molar-refractivity contribution in [3.05, 3.63) is 41.7 Å². The Morgan fingerprint density at radius 3 is 2.06 bits per heavy atom. The van der Waals surface area contributed by atoms with Gasteiger partial charge in [0.25, 0.3) is 0 Å². The van der Waals surface area contributed by atoms with Crippen molar-refractivity contribution in [2.24, 2.45) is 0 Å². The molecular formula is C13H15N5. The summed E-state index contributed by atoms with van der Waals surface area (Å²) < 4.78 is 0. The number of hydrogen-bond acceptors (Lipinski definition) is 5. The Morgan fingerprint density at radius 1 is 0.833 bits per heavy atom. The molecular weight excluding hydrogens is 226 g/mol. The number of nitrogens with zero attached hydrogens (tertiary/aromatic N) is 3. The van der Waals surface area contributed by atoms with Gasteiger partial charge in [-0.25, -0.2) is 0 Å². The topological polar surface area (TPSA) is 90.7 Å². The molecule has 1 fully saturated rings. The van der Waals surface area contributed by atoms with Crippen molar-refractivity contribution < 1.29 is 0 Å². The molecule has 0 atom stereocenters. The number of rotatable bonds is 2. The first kappa shape index (κ1) is 11.0. The van der Waals surface area contributed by atoms with Crippen LogP contribution in [0, 0.1) is 0 Å². The fourth-order valence-corrected chi connectivity index (χ4v) is 2.44. The highest BCUT2D eigenvalue weighted by atomic mass is 15.1. The van der Waals surface area contributed by atoms with Crippen molar-refractivity contribution in [2.45, 2.75) is 24.7 Å². The van der Waals surface area contributed by atoms with Crippen molar-refractivity contribution in [3.63, 3.8) is 0 Å². The minimum atomic E-state index is 0.209. The van der Waals surface area contributed by atoms with Gasteiger partial charge >= 0.3 is 0 Å². The van der Waals surface area contributed by atoms with E-state index in [2.05, 4.69) is 39.2 Å². The molecule has 92 valence electrons. The van der Waals surface area contributed by atoms with E-state index in [1.54, 1.807) is 0 Å². The highest BCUT2D eigenvalue weighted by Crippen LogP contribution is 2.46. The highest BCUT2D eigenvalue weighted by molar-refractivity contribution is 5.30. The lowest BCUT2D eigenvalue weighted by molar-refractivity contribution is 0.338. The molecule has 2 aromatic rings. The Bertz CT molecular complexity index is 528. The van der Waals surface area contributed by atoms with Gasteiger partial charge in [0.15, 0.2) is 0 Å². The van der Waals surface area contributed by atoms with Crippen LogP contribution in [0.4, 0.5) is 11.9 Å². The summed E-state index contributed by atoms with van der Waals surface area (Å²) in [4.78, 5) is 12.1. The average Bonchev–Trinajstić information content (AvgIpc) is 2.27. The molecule has 1 saturated carbocycles. The standard InChI is InChI=1S/C13H15N5/c14-12-16-11(17-13(15)18-12)10-6-9(7-10)8-4-2-1-3-5-8/h1-5,9-10H,6-7H2,(H4,14,15,16,17,18). The molecule has 0 spiro atoms. The second-order valence-electron chi connectivity index (χ2n) is 4.69. The van der Waals surface area contributed by atoms with Gasteiger partial charge in [0.2, 0.25) is 11.9 Å². The second-order valence-corrected chi connectivity index (χ2v) is 4.69. The van der Waals surface area contributed by atoms with E-state index in [1.807, 2.05) is 6.07 Å². The van der Waals surface area contributed by atoms with Crippen LogP contribution in [0.5, 0.6) is 0 Å². The molecule has 18 heavy (non-hydrogen) atoms. The normalized spacial score (nSPS) is 22.4. The van der Waals surface area contributed by atoms with Gasteiger partial charge in [-0.3, -0.25) is 0 Å². The zero-order valence-electron chi connectivity index (χ0n) is 9.95. The highest BCUT2D eigenvalue weighted by Gasteiger charge is 2.33. The molecule has 0 saturated heterocycles. The predicted molar refractivity (Wildman–Crippen MR) is 69.8 cm³/mol. The number of aromatic nitrogens is 3. The minimum absolute atomic E-state index is 0.209. The van der Waals surface area contributed by atoms with Gasteiger partial charge in [-0.1, -0.05) is 30.3 Å². The molecule has 1 aromatic carbocycles. The van der Waals surface area contributed by atoms with Crippen molar-refractivity contribution >= 4 is 11.9 Å². The minimum Gasteiger partial charge on any atom is -0.368 e. The van der Waals surface area contributed by atoms with Crippen LogP contribution in [-0.2, 0) is 0 Å². The average molecular weight is 241 g/mol. The van der Waals surface area contributed by atoms with Gasteiger partial charge in [-0.05, 0) is 24.3 Å². The smallest absolute Gasteiger partial charge is 0.225 e. The maximum absolute atomic E-state index is 5.58. The van der Waals surface area contributed by atoms with Gasteiger partial charge in [0, 0.05) is 5.92 Å². The van der Waals surface area contributed by atoms with Crippen LogP contribution < -0.4 is 11.5 Å². The third-order valence-electron chi connectivity index (χ3n) is 3.46. The fraction of sp³-hybridized carbons (Fsp3) is 0.308. The zero-order valence-corrected chi connectivity index (χ0v) is 9.95. The maximum Gasteiger partial charge on any atom is 0.225 e. The molecule has 5 heteroatoms. The molecule has 0 amide bonds. The van der Waals surface area contributed by atoms with E-state index in [9.17, 15) is 0 Å². The summed E-state index contributed by atoms with van der Waals surface area (Å²) in [5.41, 5.74) is 12.5. The largest absolute Gasteiger partial charge is 0.368 e. The number of hydrogen-bond donors (Lipinski definition) is 2. The van der Waals surface area contributed by atoms with E-state index in [0.717, 1.165) is 18.7 Å². The van der Waals surface area contributed by atoms with Crippen LogP contribution in [0.2, 0.25) is 0 Å². The summed E-state index contributed by atoms with van der Waals surface area (Å²) in [5, 5.41) is 0. The van der Waals surface area contributed by atoms with Crippen molar-refractivity contribution in [3.8, 4) is 0 Å². The van der Waals surface area contributed by atoms with E-state index in [4.69, 9.17) is 11.5 Å². The monoisotopic (exact) mass is 241 g/mol. The number of nitrogens with two attached hydrogens (primary N) is 2. The third-order valence-corrected chi connectivity index (χ3v) is 3.46. The molecule has 0 bridgehead atoms. The molecule has 5 nitrogen and oxygen atoms in total. The molecule has 4 N–H and O–H groups in total.